The lowest BCUT2D eigenvalue weighted by Crippen LogP contribution is -2.31. The van der Waals surface area contributed by atoms with Crippen molar-refractivity contribution in [1.29, 1.82) is 0 Å². The minimum atomic E-state index is 0.205. The summed E-state index contributed by atoms with van der Waals surface area (Å²) in [5, 5.41) is 3.69. The van der Waals surface area contributed by atoms with Crippen LogP contribution in [0, 0.1) is 13.8 Å². The van der Waals surface area contributed by atoms with E-state index in [1.807, 2.05) is 18.2 Å². The quantitative estimate of drug-likeness (QED) is 0.673. The Balaban J connectivity index is 1.59. The number of methoxy groups -OCH3 is 1. The Hall–Kier alpha value is -2.78. The number of ether oxygens (including phenoxy) is 2. The van der Waals surface area contributed by atoms with E-state index in [1.165, 1.54) is 33.4 Å². The molecule has 0 aromatic heterocycles. The third kappa shape index (κ3) is 3.76. The van der Waals surface area contributed by atoms with Crippen LogP contribution in [0.2, 0.25) is 0 Å². The fourth-order valence-electron chi connectivity index (χ4n) is 3.99. The first kappa shape index (κ1) is 18.6. The highest BCUT2D eigenvalue weighted by Crippen LogP contribution is 2.35. The summed E-state index contributed by atoms with van der Waals surface area (Å²) in [4.78, 5) is 0. The van der Waals surface area contributed by atoms with E-state index in [4.69, 9.17) is 9.47 Å². The van der Waals surface area contributed by atoms with Gasteiger partial charge in [0.05, 0.1) is 13.2 Å². The highest BCUT2D eigenvalue weighted by atomic mass is 16.5. The zero-order valence-corrected chi connectivity index (χ0v) is 16.8. The molecule has 0 radical (unpaired) electrons. The van der Waals surface area contributed by atoms with Gasteiger partial charge in [-0.1, -0.05) is 42.5 Å². The lowest BCUT2D eigenvalue weighted by atomic mass is 9.87. The molecule has 3 heteroatoms. The molecule has 1 N–H and O–H groups in total. The monoisotopic (exact) mass is 373 g/mol. The van der Waals surface area contributed by atoms with Gasteiger partial charge in [0.2, 0.25) is 0 Å². The fraction of sp³-hybridized carbons (Fsp3) is 0.280. The maximum Gasteiger partial charge on any atom is 0.122 e. The summed E-state index contributed by atoms with van der Waals surface area (Å²) in [6.45, 7) is 5.82. The van der Waals surface area contributed by atoms with E-state index in [0.717, 1.165) is 24.5 Å². The van der Waals surface area contributed by atoms with Gasteiger partial charge in [-0.3, -0.25) is 0 Å². The van der Waals surface area contributed by atoms with Crippen LogP contribution in [0.15, 0.2) is 60.7 Å². The molecule has 0 saturated heterocycles. The van der Waals surface area contributed by atoms with Crippen molar-refractivity contribution in [2.24, 2.45) is 0 Å². The minimum Gasteiger partial charge on any atom is -0.496 e. The van der Waals surface area contributed by atoms with E-state index < -0.39 is 0 Å². The van der Waals surface area contributed by atoms with E-state index in [1.54, 1.807) is 7.11 Å². The van der Waals surface area contributed by atoms with E-state index in [2.05, 4.69) is 61.6 Å². The van der Waals surface area contributed by atoms with Crippen LogP contribution in [0.5, 0.6) is 11.5 Å². The zero-order valence-electron chi connectivity index (χ0n) is 16.8. The van der Waals surface area contributed by atoms with Crippen LogP contribution in [-0.4, -0.2) is 13.7 Å². The summed E-state index contributed by atoms with van der Waals surface area (Å²) in [5.41, 5.74) is 7.62. The van der Waals surface area contributed by atoms with Gasteiger partial charge in [0.25, 0.3) is 0 Å². The van der Waals surface area contributed by atoms with Crippen LogP contribution in [-0.2, 0) is 13.0 Å². The van der Waals surface area contributed by atoms with Crippen LogP contribution in [0.3, 0.4) is 0 Å². The lowest BCUT2D eigenvalue weighted by molar-refractivity contribution is 0.305. The molecule has 0 saturated carbocycles. The maximum atomic E-state index is 6.04. The second-order valence-electron chi connectivity index (χ2n) is 7.45. The second-order valence-corrected chi connectivity index (χ2v) is 7.45. The van der Waals surface area contributed by atoms with Gasteiger partial charge >= 0.3 is 0 Å². The van der Waals surface area contributed by atoms with Gasteiger partial charge < -0.3 is 14.8 Å². The van der Waals surface area contributed by atoms with Crippen molar-refractivity contribution in [2.45, 2.75) is 32.9 Å². The summed E-state index contributed by atoms with van der Waals surface area (Å²) in [7, 11) is 1.73. The molecule has 0 fully saturated rings. The van der Waals surface area contributed by atoms with Gasteiger partial charge in [0.1, 0.15) is 18.1 Å². The second kappa shape index (κ2) is 8.07. The molecule has 1 atom stereocenters. The Morgan fingerprint density at radius 1 is 0.929 bits per heavy atom. The van der Waals surface area contributed by atoms with Crippen LogP contribution in [0.25, 0.3) is 0 Å². The molecule has 1 unspecified atom stereocenters. The molecule has 1 aliphatic heterocycles. The average molecular weight is 373 g/mol. The molecule has 1 aliphatic rings. The molecule has 144 valence electrons. The molecule has 1 heterocycles. The maximum absolute atomic E-state index is 6.04. The molecule has 0 spiro atoms. The number of nitrogens with one attached hydrogen (secondary N) is 1. The molecule has 3 aromatic rings. The summed E-state index contributed by atoms with van der Waals surface area (Å²) in [5.74, 6) is 1.88. The Kier molecular flexibility index (Phi) is 5.36. The van der Waals surface area contributed by atoms with Crippen molar-refractivity contribution in [1.82, 2.24) is 5.32 Å². The van der Waals surface area contributed by atoms with E-state index in [0.29, 0.717) is 6.61 Å². The lowest BCUT2D eigenvalue weighted by Gasteiger charge is -2.29. The van der Waals surface area contributed by atoms with Gasteiger partial charge in [-0.15, -0.1) is 0 Å². The molecular weight excluding hydrogens is 346 g/mol. The van der Waals surface area contributed by atoms with E-state index in [9.17, 15) is 0 Å². The largest absolute Gasteiger partial charge is 0.496 e. The predicted molar refractivity (Wildman–Crippen MR) is 113 cm³/mol. The number of hydrogen-bond acceptors (Lipinski definition) is 3. The summed E-state index contributed by atoms with van der Waals surface area (Å²) >= 11 is 0. The Labute approximate surface area is 167 Å². The molecule has 0 bridgehead atoms. The van der Waals surface area contributed by atoms with Gasteiger partial charge in [-0.2, -0.15) is 0 Å². The van der Waals surface area contributed by atoms with Crippen LogP contribution >= 0.6 is 0 Å². The Bertz CT molecular complexity index is 966. The predicted octanol–water partition coefficient (Wildman–Crippen LogP) is 5.13. The van der Waals surface area contributed by atoms with Crippen LogP contribution in [0.1, 0.15) is 39.4 Å². The van der Waals surface area contributed by atoms with Crippen molar-refractivity contribution >= 4 is 0 Å². The highest BCUT2D eigenvalue weighted by Gasteiger charge is 2.23. The number of benzene rings is 3. The molecular formula is C25H27NO2. The van der Waals surface area contributed by atoms with Crippen molar-refractivity contribution in [3.63, 3.8) is 0 Å². The van der Waals surface area contributed by atoms with E-state index in [-0.39, 0.29) is 6.04 Å². The summed E-state index contributed by atoms with van der Waals surface area (Å²) in [6.07, 6.45) is 1.02. The Morgan fingerprint density at radius 3 is 2.54 bits per heavy atom. The van der Waals surface area contributed by atoms with Crippen molar-refractivity contribution < 1.29 is 9.47 Å². The minimum absolute atomic E-state index is 0.205. The normalized spacial score (nSPS) is 15.8. The van der Waals surface area contributed by atoms with Gasteiger partial charge in [-0.25, -0.2) is 0 Å². The molecule has 0 aliphatic carbocycles. The number of rotatable bonds is 5. The van der Waals surface area contributed by atoms with Gasteiger partial charge in [0.15, 0.2) is 0 Å². The number of aryl methyl sites for hydroxylation is 2. The first-order valence-corrected chi connectivity index (χ1v) is 9.84. The van der Waals surface area contributed by atoms with Crippen LogP contribution in [0.4, 0.5) is 0 Å². The molecule has 4 rings (SSSR count). The highest BCUT2D eigenvalue weighted by molar-refractivity contribution is 5.49. The number of hydrogen-bond donors (Lipinski definition) is 1. The molecule has 28 heavy (non-hydrogen) atoms. The third-order valence-electron chi connectivity index (χ3n) is 5.51. The van der Waals surface area contributed by atoms with Gasteiger partial charge in [0, 0.05) is 6.54 Å². The SMILES string of the molecule is COc1cc(C)c(C2NCCc3cc(OCc4ccccc4)ccc32)cc1C. The summed E-state index contributed by atoms with van der Waals surface area (Å²) in [6, 6.07) is 21.4. The van der Waals surface area contributed by atoms with E-state index >= 15 is 0 Å². The Morgan fingerprint density at radius 2 is 1.75 bits per heavy atom. The average Bonchev–Trinajstić information content (AvgIpc) is 2.73. The first-order chi connectivity index (χ1) is 13.7. The van der Waals surface area contributed by atoms with Crippen molar-refractivity contribution in [2.75, 3.05) is 13.7 Å². The standard InChI is InChI=1S/C25H27NO2/c1-17-14-24(27-3)18(2)13-23(17)25-22-10-9-21(15-20(22)11-12-26-25)28-16-19-7-5-4-6-8-19/h4-10,13-15,25-26H,11-12,16H2,1-3H3. The molecule has 3 aromatic carbocycles. The topological polar surface area (TPSA) is 30.5 Å². The van der Waals surface area contributed by atoms with Crippen molar-refractivity contribution in [3.05, 3.63) is 94.0 Å². The first-order valence-electron chi connectivity index (χ1n) is 9.84. The molecule has 0 amide bonds. The molecule has 3 nitrogen and oxygen atoms in total. The smallest absolute Gasteiger partial charge is 0.122 e. The zero-order chi connectivity index (χ0) is 19.5. The van der Waals surface area contributed by atoms with Gasteiger partial charge in [-0.05, 0) is 71.8 Å². The summed E-state index contributed by atoms with van der Waals surface area (Å²) < 4.78 is 11.5. The number of fused-ring (bicyclic) bond motifs is 1. The fourth-order valence-corrected chi connectivity index (χ4v) is 3.99. The van der Waals surface area contributed by atoms with Crippen molar-refractivity contribution in [3.8, 4) is 11.5 Å². The third-order valence-corrected chi connectivity index (χ3v) is 5.51. The van der Waals surface area contributed by atoms with Crippen LogP contribution < -0.4 is 14.8 Å².